The van der Waals surface area contributed by atoms with Gasteiger partial charge in [0.25, 0.3) is 0 Å². The molecular formula is C13H24N2S. The fourth-order valence-corrected chi connectivity index (χ4v) is 2.47. The van der Waals surface area contributed by atoms with Gasteiger partial charge in [-0.15, -0.1) is 0 Å². The van der Waals surface area contributed by atoms with E-state index in [0.717, 1.165) is 11.2 Å². The molecule has 1 N–H and O–H groups in total. The Hall–Kier alpha value is -0.570. The van der Waals surface area contributed by atoms with Crippen molar-refractivity contribution in [1.82, 2.24) is 9.55 Å². The van der Waals surface area contributed by atoms with Crippen LogP contribution >= 0.6 is 12.2 Å². The number of imidazole rings is 1. The molecule has 1 heterocycles. The average molecular weight is 240 g/mol. The second-order valence-corrected chi connectivity index (χ2v) is 5.84. The molecular weight excluding hydrogens is 216 g/mol. The highest BCUT2D eigenvalue weighted by molar-refractivity contribution is 7.71. The predicted octanol–water partition coefficient (Wildman–Crippen LogP) is 4.59. The Bertz CT molecular complexity index is 381. The molecule has 2 nitrogen and oxygen atoms in total. The lowest BCUT2D eigenvalue weighted by atomic mass is 9.92. The highest BCUT2D eigenvalue weighted by atomic mass is 32.1. The zero-order chi connectivity index (χ0) is 12.3. The van der Waals surface area contributed by atoms with Gasteiger partial charge in [-0.05, 0) is 25.1 Å². The van der Waals surface area contributed by atoms with Crippen molar-refractivity contribution < 1.29 is 0 Å². The molecule has 1 aromatic rings. The van der Waals surface area contributed by atoms with E-state index >= 15 is 0 Å². The van der Waals surface area contributed by atoms with Crippen molar-refractivity contribution in [3.8, 4) is 0 Å². The van der Waals surface area contributed by atoms with E-state index in [0.29, 0.717) is 6.04 Å². The van der Waals surface area contributed by atoms with Crippen LogP contribution in [0.4, 0.5) is 0 Å². The van der Waals surface area contributed by atoms with E-state index in [1.165, 1.54) is 18.5 Å². The maximum atomic E-state index is 5.41. The van der Waals surface area contributed by atoms with Gasteiger partial charge >= 0.3 is 0 Å². The van der Waals surface area contributed by atoms with Gasteiger partial charge in [0.05, 0.1) is 0 Å². The fraction of sp³-hybridized carbons (Fsp3) is 0.769. The molecule has 92 valence electrons. The van der Waals surface area contributed by atoms with Gasteiger partial charge in [-0.25, -0.2) is 0 Å². The highest BCUT2D eigenvalue weighted by Gasteiger charge is 2.22. The lowest BCUT2D eigenvalue weighted by molar-refractivity contribution is 0.402. The summed E-state index contributed by atoms with van der Waals surface area (Å²) in [4.78, 5) is 3.19. The summed E-state index contributed by atoms with van der Waals surface area (Å²) in [6.07, 6.45) is 5.62. The molecule has 0 radical (unpaired) electrons. The Balaban J connectivity index is 3.20. The fourth-order valence-electron chi connectivity index (χ4n) is 2.17. The van der Waals surface area contributed by atoms with Gasteiger partial charge < -0.3 is 9.55 Å². The largest absolute Gasteiger partial charge is 0.337 e. The summed E-state index contributed by atoms with van der Waals surface area (Å²) in [5, 5.41) is 0. The number of rotatable bonds is 4. The molecule has 0 fully saturated rings. The molecule has 1 aromatic heterocycles. The SMILES string of the molecule is CCCC(CC)n1c(C(C)(C)C)c[nH]c1=S. The van der Waals surface area contributed by atoms with Gasteiger partial charge in [-0.1, -0.05) is 41.0 Å². The lowest BCUT2D eigenvalue weighted by Crippen LogP contribution is -2.21. The van der Waals surface area contributed by atoms with Crippen molar-refractivity contribution >= 4 is 12.2 Å². The number of nitrogens with zero attached hydrogens (tertiary/aromatic N) is 1. The molecule has 0 saturated carbocycles. The molecule has 0 aliphatic rings. The first kappa shape index (κ1) is 13.5. The van der Waals surface area contributed by atoms with E-state index in [-0.39, 0.29) is 5.41 Å². The first-order valence-electron chi connectivity index (χ1n) is 6.22. The quantitative estimate of drug-likeness (QED) is 0.763. The average Bonchev–Trinajstić information content (AvgIpc) is 2.56. The van der Waals surface area contributed by atoms with Crippen LogP contribution in [0.25, 0.3) is 0 Å². The third kappa shape index (κ3) is 2.76. The van der Waals surface area contributed by atoms with E-state index in [9.17, 15) is 0 Å². The first-order valence-corrected chi connectivity index (χ1v) is 6.63. The Kier molecular flexibility index (Phi) is 4.36. The van der Waals surface area contributed by atoms with Crippen LogP contribution in [0.2, 0.25) is 0 Å². The Morgan fingerprint density at radius 2 is 2.00 bits per heavy atom. The molecule has 16 heavy (non-hydrogen) atoms. The van der Waals surface area contributed by atoms with Crippen LogP contribution in [0.3, 0.4) is 0 Å². The number of H-pyrrole nitrogens is 1. The molecule has 1 atom stereocenters. The molecule has 1 unspecified atom stereocenters. The van der Waals surface area contributed by atoms with Crippen LogP contribution in [0.5, 0.6) is 0 Å². The topological polar surface area (TPSA) is 20.7 Å². The Morgan fingerprint density at radius 1 is 1.38 bits per heavy atom. The summed E-state index contributed by atoms with van der Waals surface area (Å²) in [5.74, 6) is 0. The molecule has 0 aliphatic heterocycles. The minimum absolute atomic E-state index is 0.148. The van der Waals surface area contributed by atoms with E-state index in [1.54, 1.807) is 0 Å². The molecule has 0 amide bonds. The molecule has 0 saturated heterocycles. The van der Waals surface area contributed by atoms with Crippen molar-refractivity contribution in [2.45, 2.75) is 65.3 Å². The Morgan fingerprint density at radius 3 is 2.44 bits per heavy atom. The van der Waals surface area contributed by atoms with E-state index in [1.807, 2.05) is 0 Å². The van der Waals surface area contributed by atoms with E-state index in [4.69, 9.17) is 12.2 Å². The van der Waals surface area contributed by atoms with Gasteiger partial charge in [0.1, 0.15) is 0 Å². The number of nitrogens with one attached hydrogen (secondary N) is 1. The van der Waals surface area contributed by atoms with Gasteiger partial charge in [0.15, 0.2) is 4.77 Å². The van der Waals surface area contributed by atoms with E-state index < -0.39 is 0 Å². The molecule has 0 bridgehead atoms. The third-order valence-corrected chi connectivity index (χ3v) is 3.35. The van der Waals surface area contributed by atoms with Crippen LogP contribution in [0.15, 0.2) is 6.20 Å². The second kappa shape index (κ2) is 5.17. The summed E-state index contributed by atoms with van der Waals surface area (Å²) in [7, 11) is 0. The smallest absolute Gasteiger partial charge is 0.177 e. The second-order valence-electron chi connectivity index (χ2n) is 5.45. The first-order chi connectivity index (χ1) is 7.41. The van der Waals surface area contributed by atoms with Crippen LogP contribution in [-0.4, -0.2) is 9.55 Å². The number of hydrogen-bond donors (Lipinski definition) is 1. The number of aromatic amines is 1. The summed E-state index contributed by atoms with van der Waals surface area (Å²) in [5.41, 5.74) is 1.46. The molecule has 0 aromatic carbocycles. The van der Waals surface area contributed by atoms with Crippen molar-refractivity contribution in [2.75, 3.05) is 0 Å². The van der Waals surface area contributed by atoms with Crippen LogP contribution in [0.1, 0.15) is 65.6 Å². The Labute approximate surface area is 104 Å². The number of hydrogen-bond acceptors (Lipinski definition) is 1. The lowest BCUT2D eigenvalue weighted by Gasteiger charge is -2.26. The van der Waals surface area contributed by atoms with E-state index in [2.05, 4.69) is 50.4 Å². The maximum absolute atomic E-state index is 5.41. The molecule has 1 rings (SSSR count). The van der Waals surface area contributed by atoms with Gasteiger partial charge in [0, 0.05) is 23.3 Å². The normalized spacial score (nSPS) is 14.1. The monoisotopic (exact) mass is 240 g/mol. The number of aromatic nitrogens is 2. The summed E-state index contributed by atoms with van der Waals surface area (Å²) in [6, 6.07) is 0.540. The third-order valence-electron chi connectivity index (χ3n) is 3.04. The summed E-state index contributed by atoms with van der Waals surface area (Å²) >= 11 is 5.41. The molecule has 0 spiro atoms. The van der Waals surface area contributed by atoms with Crippen LogP contribution in [-0.2, 0) is 5.41 Å². The minimum atomic E-state index is 0.148. The minimum Gasteiger partial charge on any atom is -0.337 e. The molecule has 3 heteroatoms. The highest BCUT2D eigenvalue weighted by Crippen LogP contribution is 2.28. The van der Waals surface area contributed by atoms with Crippen LogP contribution < -0.4 is 0 Å². The summed E-state index contributed by atoms with van der Waals surface area (Å²) in [6.45, 7) is 11.2. The van der Waals surface area contributed by atoms with Crippen molar-refractivity contribution in [3.63, 3.8) is 0 Å². The predicted molar refractivity (Wildman–Crippen MR) is 72.6 cm³/mol. The van der Waals surface area contributed by atoms with Crippen molar-refractivity contribution in [3.05, 3.63) is 16.7 Å². The zero-order valence-corrected chi connectivity index (χ0v) is 11.9. The molecule has 0 aliphatic carbocycles. The standard InChI is InChI=1S/C13H24N2S/c1-6-8-10(7-2)15-11(13(3,4)5)9-14-12(15)16/h9-10H,6-8H2,1-5H3,(H,14,16). The van der Waals surface area contributed by atoms with Gasteiger partial charge in [0.2, 0.25) is 0 Å². The summed E-state index contributed by atoms with van der Waals surface area (Å²) < 4.78 is 3.18. The van der Waals surface area contributed by atoms with Crippen LogP contribution in [0, 0.1) is 4.77 Å². The van der Waals surface area contributed by atoms with Gasteiger partial charge in [-0.2, -0.15) is 0 Å². The van der Waals surface area contributed by atoms with Gasteiger partial charge in [-0.3, -0.25) is 0 Å². The van der Waals surface area contributed by atoms with Crippen molar-refractivity contribution in [2.24, 2.45) is 0 Å². The zero-order valence-electron chi connectivity index (χ0n) is 11.1. The van der Waals surface area contributed by atoms with Crippen molar-refractivity contribution in [1.29, 1.82) is 0 Å². The maximum Gasteiger partial charge on any atom is 0.177 e.